The maximum Gasteiger partial charge on any atom is 0.274 e. The molecule has 1 N–H and O–H groups in total. The lowest BCUT2D eigenvalue weighted by molar-refractivity contribution is 0.101. The van der Waals surface area contributed by atoms with Crippen molar-refractivity contribution < 1.29 is 4.79 Å². The lowest BCUT2D eigenvalue weighted by atomic mass is 10.1. The highest BCUT2D eigenvalue weighted by atomic mass is 79.9. The van der Waals surface area contributed by atoms with Crippen molar-refractivity contribution in [3.8, 4) is 5.69 Å². The van der Waals surface area contributed by atoms with E-state index in [2.05, 4.69) is 42.3 Å². The number of aryl methyl sites for hydroxylation is 1. The zero-order chi connectivity index (χ0) is 22.2. The van der Waals surface area contributed by atoms with Crippen molar-refractivity contribution in [2.75, 3.05) is 25.5 Å². The number of amidine groups is 1. The number of aromatic nitrogens is 2. The van der Waals surface area contributed by atoms with Crippen LogP contribution in [0.1, 0.15) is 21.7 Å². The van der Waals surface area contributed by atoms with Crippen LogP contribution in [0.3, 0.4) is 0 Å². The molecule has 0 saturated heterocycles. The lowest BCUT2D eigenvalue weighted by Gasteiger charge is -2.14. The van der Waals surface area contributed by atoms with Gasteiger partial charge in [-0.15, -0.1) is 0 Å². The molecule has 7 heteroatoms. The number of nitrogens with one attached hydrogen (secondary N) is 1. The molecule has 0 aliphatic carbocycles. The van der Waals surface area contributed by atoms with E-state index in [1.165, 1.54) is 0 Å². The number of hydrogen-bond acceptors (Lipinski definition) is 4. The normalized spacial score (nSPS) is 13.5. The van der Waals surface area contributed by atoms with Crippen LogP contribution in [0.15, 0.2) is 76.2 Å². The van der Waals surface area contributed by atoms with Gasteiger partial charge in [0, 0.05) is 29.3 Å². The quantitative estimate of drug-likeness (QED) is 0.438. The van der Waals surface area contributed by atoms with Crippen molar-refractivity contribution in [3.63, 3.8) is 0 Å². The summed E-state index contributed by atoms with van der Waals surface area (Å²) < 4.78 is 2.73. The molecular formula is C25H22BrN5O. The Kier molecular flexibility index (Phi) is 5.27. The first kappa shape index (κ1) is 20.5. The fourth-order valence-corrected chi connectivity index (χ4v) is 4.31. The summed E-state index contributed by atoms with van der Waals surface area (Å²) in [5, 5.41) is 9.77. The largest absolute Gasteiger partial charge is 0.358 e. The van der Waals surface area contributed by atoms with Gasteiger partial charge in [0.15, 0.2) is 0 Å². The van der Waals surface area contributed by atoms with Gasteiger partial charge in [0.25, 0.3) is 5.91 Å². The summed E-state index contributed by atoms with van der Waals surface area (Å²) >= 11 is 3.51. The van der Waals surface area contributed by atoms with Gasteiger partial charge in [-0.1, -0.05) is 28.1 Å². The van der Waals surface area contributed by atoms with E-state index in [0.29, 0.717) is 5.69 Å². The van der Waals surface area contributed by atoms with E-state index in [1.54, 1.807) is 10.7 Å². The fraction of sp³-hybridized carbons (Fsp3) is 0.160. The van der Waals surface area contributed by atoms with E-state index in [1.807, 2.05) is 68.6 Å². The lowest BCUT2D eigenvalue weighted by Crippen LogP contribution is -2.23. The molecule has 2 heterocycles. The molecule has 4 aromatic rings. The third kappa shape index (κ3) is 3.91. The van der Waals surface area contributed by atoms with Gasteiger partial charge in [0.05, 0.1) is 17.9 Å². The van der Waals surface area contributed by atoms with Crippen LogP contribution in [0.2, 0.25) is 0 Å². The third-order valence-corrected chi connectivity index (χ3v) is 6.05. The second-order valence-corrected chi connectivity index (χ2v) is 8.83. The van der Waals surface area contributed by atoms with Crippen LogP contribution in [0.4, 0.5) is 5.69 Å². The number of aliphatic imine (C=N–C) groups is 1. The topological polar surface area (TPSA) is 62.5 Å². The third-order valence-electron chi connectivity index (χ3n) is 5.55. The highest BCUT2D eigenvalue weighted by molar-refractivity contribution is 9.10. The van der Waals surface area contributed by atoms with E-state index in [-0.39, 0.29) is 5.91 Å². The number of nitrogens with zero attached hydrogens (tertiary/aromatic N) is 4. The first-order chi connectivity index (χ1) is 15.5. The van der Waals surface area contributed by atoms with E-state index >= 15 is 0 Å². The van der Waals surface area contributed by atoms with Gasteiger partial charge < -0.3 is 10.2 Å². The Morgan fingerprint density at radius 1 is 1.00 bits per heavy atom. The second kappa shape index (κ2) is 8.24. The molecular weight excluding hydrogens is 466 g/mol. The predicted octanol–water partition coefficient (Wildman–Crippen LogP) is 5.04. The molecule has 1 amide bonds. The summed E-state index contributed by atoms with van der Waals surface area (Å²) in [5.41, 5.74) is 3.89. The van der Waals surface area contributed by atoms with Gasteiger partial charge in [-0.05, 0) is 72.3 Å². The van der Waals surface area contributed by atoms with Crippen molar-refractivity contribution in [1.29, 1.82) is 0 Å². The molecule has 0 bridgehead atoms. The first-order valence-corrected chi connectivity index (χ1v) is 11.2. The number of halogens is 1. The Morgan fingerprint density at radius 3 is 2.50 bits per heavy atom. The van der Waals surface area contributed by atoms with Crippen molar-refractivity contribution in [2.45, 2.75) is 6.92 Å². The number of benzene rings is 3. The molecule has 0 fully saturated rings. The summed E-state index contributed by atoms with van der Waals surface area (Å²) in [6, 6.07) is 21.8. The van der Waals surface area contributed by atoms with Crippen LogP contribution in [0, 0.1) is 6.92 Å². The molecule has 6 nitrogen and oxygen atoms in total. The number of likely N-dealkylation sites (N-methyl/N-ethyl adjacent to an activating group) is 1. The summed E-state index contributed by atoms with van der Waals surface area (Å²) in [5.74, 6) is 0.782. The number of anilines is 1. The number of carbonyl (C=O) groups is 1. The van der Waals surface area contributed by atoms with E-state index in [9.17, 15) is 4.79 Å². The minimum absolute atomic E-state index is 0.204. The molecule has 32 heavy (non-hydrogen) atoms. The van der Waals surface area contributed by atoms with E-state index in [4.69, 9.17) is 0 Å². The first-order valence-electron chi connectivity index (χ1n) is 10.4. The molecule has 160 valence electrons. The van der Waals surface area contributed by atoms with Crippen LogP contribution in [-0.2, 0) is 0 Å². The summed E-state index contributed by atoms with van der Waals surface area (Å²) in [6.45, 7) is 3.64. The Balaban J connectivity index is 1.41. The predicted molar refractivity (Wildman–Crippen MR) is 132 cm³/mol. The molecule has 1 aliphatic rings. The molecule has 1 aromatic heterocycles. The maximum absolute atomic E-state index is 13.1. The minimum atomic E-state index is -0.204. The minimum Gasteiger partial charge on any atom is -0.358 e. The molecule has 5 rings (SSSR count). The molecule has 3 aromatic carbocycles. The Hall–Kier alpha value is -3.45. The number of carbonyl (C=O) groups excluding carboxylic acids is 1. The molecule has 0 atom stereocenters. The van der Waals surface area contributed by atoms with Crippen molar-refractivity contribution in [2.24, 2.45) is 4.99 Å². The second-order valence-electron chi connectivity index (χ2n) is 7.92. The SMILES string of the molecule is Cc1cc(C(=O)Nc2ccc(C3=NCCN3C)cc2)n(-c2ccc3cc(Br)ccc3c2)n1. The van der Waals surface area contributed by atoms with Gasteiger partial charge in [-0.25, -0.2) is 4.68 Å². The van der Waals surface area contributed by atoms with Gasteiger partial charge >= 0.3 is 0 Å². The van der Waals surface area contributed by atoms with Gasteiger partial charge in [0.2, 0.25) is 0 Å². The van der Waals surface area contributed by atoms with Crippen molar-refractivity contribution in [1.82, 2.24) is 14.7 Å². The Morgan fingerprint density at radius 2 is 1.75 bits per heavy atom. The number of rotatable bonds is 4. The monoisotopic (exact) mass is 487 g/mol. The van der Waals surface area contributed by atoms with E-state index < -0.39 is 0 Å². The van der Waals surface area contributed by atoms with Crippen LogP contribution in [-0.4, -0.2) is 46.6 Å². The number of hydrogen-bond donors (Lipinski definition) is 1. The van der Waals surface area contributed by atoms with Crippen LogP contribution < -0.4 is 5.32 Å². The van der Waals surface area contributed by atoms with Gasteiger partial charge in [0.1, 0.15) is 11.5 Å². The standard InChI is InChI=1S/C25H22BrN5O/c1-16-13-23(31(29-16)22-10-6-18-14-20(26)7-3-19(18)15-22)25(32)28-21-8-4-17(5-9-21)24-27-11-12-30(24)2/h3-10,13-15H,11-12H2,1-2H3,(H,28,32). The zero-order valence-electron chi connectivity index (χ0n) is 17.8. The summed E-state index contributed by atoms with van der Waals surface area (Å²) in [7, 11) is 2.04. The zero-order valence-corrected chi connectivity index (χ0v) is 19.4. The summed E-state index contributed by atoms with van der Waals surface area (Å²) in [6.07, 6.45) is 0. The summed E-state index contributed by atoms with van der Waals surface area (Å²) in [4.78, 5) is 19.8. The van der Waals surface area contributed by atoms with Crippen molar-refractivity contribution in [3.05, 3.63) is 88.2 Å². The van der Waals surface area contributed by atoms with Crippen LogP contribution in [0.25, 0.3) is 16.5 Å². The molecule has 0 unspecified atom stereocenters. The average Bonchev–Trinajstić information content (AvgIpc) is 3.39. The Labute approximate surface area is 194 Å². The highest BCUT2D eigenvalue weighted by Crippen LogP contribution is 2.24. The van der Waals surface area contributed by atoms with Crippen molar-refractivity contribution >= 4 is 44.1 Å². The maximum atomic E-state index is 13.1. The number of amides is 1. The molecule has 0 saturated carbocycles. The van der Waals surface area contributed by atoms with E-state index in [0.717, 1.165) is 56.8 Å². The smallest absolute Gasteiger partial charge is 0.274 e. The molecule has 0 radical (unpaired) electrons. The average molecular weight is 488 g/mol. The Bertz CT molecular complexity index is 1360. The van der Waals surface area contributed by atoms with Gasteiger partial charge in [-0.3, -0.25) is 9.79 Å². The molecule has 1 aliphatic heterocycles. The van der Waals surface area contributed by atoms with Gasteiger partial charge in [-0.2, -0.15) is 5.10 Å². The van der Waals surface area contributed by atoms with Crippen LogP contribution in [0.5, 0.6) is 0 Å². The fourth-order valence-electron chi connectivity index (χ4n) is 3.94. The number of fused-ring (bicyclic) bond motifs is 1. The molecule has 0 spiro atoms. The van der Waals surface area contributed by atoms with Crippen LogP contribution >= 0.6 is 15.9 Å². The highest BCUT2D eigenvalue weighted by Gasteiger charge is 2.17.